The Balaban J connectivity index is 1.53. The normalized spacial score (nSPS) is 13.5. The first-order valence-corrected chi connectivity index (χ1v) is 10.2. The number of anilines is 1. The minimum absolute atomic E-state index is 0.183. The number of benzene rings is 3. The zero-order valence-corrected chi connectivity index (χ0v) is 17.1. The van der Waals surface area contributed by atoms with Gasteiger partial charge in [0.1, 0.15) is 5.82 Å². The van der Waals surface area contributed by atoms with Crippen LogP contribution < -0.4 is 10.2 Å². The molecule has 1 atom stereocenters. The minimum Gasteiger partial charge on any atom is -0.478 e. The third-order valence-corrected chi connectivity index (χ3v) is 5.62. The summed E-state index contributed by atoms with van der Waals surface area (Å²) >= 11 is 0. The van der Waals surface area contributed by atoms with E-state index in [1.54, 1.807) is 24.3 Å². The topological polar surface area (TPSA) is 69.6 Å². The van der Waals surface area contributed by atoms with Crippen LogP contribution in [0.25, 0.3) is 0 Å². The second kappa shape index (κ2) is 8.60. The van der Waals surface area contributed by atoms with Gasteiger partial charge in [0.15, 0.2) is 0 Å². The van der Waals surface area contributed by atoms with E-state index in [-0.39, 0.29) is 23.3 Å². The summed E-state index contributed by atoms with van der Waals surface area (Å²) in [5.41, 5.74) is 4.65. The molecule has 6 heteroatoms. The lowest BCUT2D eigenvalue weighted by atomic mass is 10.0. The number of para-hydroxylation sites is 1. The molecule has 3 aromatic rings. The maximum Gasteiger partial charge on any atom is 0.335 e. The predicted octanol–water partition coefficient (Wildman–Crippen LogP) is 4.58. The Labute approximate surface area is 180 Å². The molecule has 0 aliphatic carbocycles. The Morgan fingerprint density at radius 3 is 2.45 bits per heavy atom. The van der Waals surface area contributed by atoms with E-state index in [2.05, 4.69) is 10.2 Å². The Hall–Kier alpha value is -3.67. The molecule has 1 amide bonds. The van der Waals surface area contributed by atoms with Gasteiger partial charge in [-0.2, -0.15) is 0 Å². The van der Waals surface area contributed by atoms with Gasteiger partial charge in [-0.25, -0.2) is 9.18 Å². The smallest absolute Gasteiger partial charge is 0.335 e. The molecule has 3 aromatic carbocycles. The van der Waals surface area contributed by atoms with Crippen molar-refractivity contribution in [1.29, 1.82) is 0 Å². The highest BCUT2D eigenvalue weighted by atomic mass is 19.1. The van der Waals surface area contributed by atoms with Crippen LogP contribution in [0.15, 0.2) is 66.7 Å². The molecule has 31 heavy (non-hydrogen) atoms. The first-order chi connectivity index (χ1) is 14.9. The van der Waals surface area contributed by atoms with Crippen LogP contribution in [0.5, 0.6) is 0 Å². The van der Waals surface area contributed by atoms with E-state index >= 15 is 0 Å². The SMILES string of the molecule is C[C@H](NC(=O)c1cccc2c1N(Cc1ccc(F)cc1)CC2)c1ccc(C(=O)O)cc1. The summed E-state index contributed by atoms with van der Waals surface area (Å²) in [5, 5.41) is 12.1. The Morgan fingerprint density at radius 2 is 1.77 bits per heavy atom. The van der Waals surface area contributed by atoms with Gasteiger partial charge in [0.25, 0.3) is 5.91 Å². The van der Waals surface area contributed by atoms with Gasteiger partial charge in [-0.15, -0.1) is 0 Å². The number of nitrogens with zero attached hydrogens (tertiary/aromatic N) is 1. The maximum absolute atomic E-state index is 13.2. The van der Waals surface area contributed by atoms with Crippen molar-refractivity contribution in [2.75, 3.05) is 11.4 Å². The number of hydrogen-bond donors (Lipinski definition) is 2. The van der Waals surface area contributed by atoms with Crippen molar-refractivity contribution in [1.82, 2.24) is 5.32 Å². The van der Waals surface area contributed by atoms with E-state index in [0.717, 1.165) is 35.3 Å². The molecule has 0 spiro atoms. The van der Waals surface area contributed by atoms with Gasteiger partial charge >= 0.3 is 5.97 Å². The van der Waals surface area contributed by atoms with E-state index in [9.17, 15) is 14.0 Å². The molecule has 0 unspecified atom stereocenters. The van der Waals surface area contributed by atoms with Crippen LogP contribution in [0.4, 0.5) is 10.1 Å². The van der Waals surface area contributed by atoms with Crippen molar-refractivity contribution < 1.29 is 19.1 Å². The van der Waals surface area contributed by atoms with Gasteiger partial charge in [0, 0.05) is 13.1 Å². The van der Waals surface area contributed by atoms with Crippen LogP contribution in [0.1, 0.15) is 50.4 Å². The number of halogens is 1. The number of carbonyl (C=O) groups excluding carboxylic acids is 1. The van der Waals surface area contributed by atoms with Crippen LogP contribution in [-0.2, 0) is 13.0 Å². The molecule has 5 nitrogen and oxygen atoms in total. The van der Waals surface area contributed by atoms with Crippen LogP contribution in [0.3, 0.4) is 0 Å². The summed E-state index contributed by atoms with van der Waals surface area (Å²) in [7, 11) is 0. The summed E-state index contributed by atoms with van der Waals surface area (Å²) in [4.78, 5) is 26.3. The monoisotopic (exact) mass is 418 g/mol. The molecule has 1 aliphatic rings. The number of carbonyl (C=O) groups is 2. The second-order valence-corrected chi connectivity index (χ2v) is 7.73. The highest BCUT2D eigenvalue weighted by molar-refractivity contribution is 6.01. The fourth-order valence-corrected chi connectivity index (χ4v) is 3.96. The molecular weight excluding hydrogens is 395 g/mol. The fourth-order valence-electron chi connectivity index (χ4n) is 3.96. The lowest BCUT2D eigenvalue weighted by Crippen LogP contribution is -2.29. The third-order valence-electron chi connectivity index (χ3n) is 5.62. The van der Waals surface area contributed by atoms with Gasteiger partial charge in [0.2, 0.25) is 0 Å². The van der Waals surface area contributed by atoms with E-state index in [1.807, 2.05) is 25.1 Å². The molecule has 0 saturated heterocycles. The first-order valence-electron chi connectivity index (χ1n) is 10.2. The van der Waals surface area contributed by atoms with Gasteiger partial charge in [-0.1, -0.05) is 36.4 Å². The number of rotatable bonds is 6. The van der Waals surface area contributed by atoms with Crippen molar-refractivity contribution in [2.45, 2.75) is 25.9 Å². The molecule has 0 fully saturated rings. The summed E-state index contributed by atoms with van der Waals surface area (Å²) < 4.78 is 13.2. The van der Waals surface area contributed by atoms with Gasteiger partial charge in [-0.05, 0) is 60.4 Å². The molecule has 0 radical (unpaired) electrons. The molecule has 0 saturated carbocycles. The Bertz CT molecular complexity index is 1110. The van der Waals surface area contributed by atoms with Crippen molar-refractivity contribution in [3.05, 3.63) is 100 Å². The highest BCUT2D eigenvalue weighted by Crippen LogP contribution is 2.33. The van der Waals surface area contributed by atoms with Crippen molar-refractivity contribution in [2.24, 2.45) is 0 Å². The number of hydrogen-bond acceptors (Lipinski definition) is 3. The molecule has 158 valence electrons. The Kier molecular flexibility index (Phi) is 5.71. The molecule has 0 bridgehead atoms. The number of aromatic carboxylic acids is 1. The molecule has 1 heterocycles. The lowest BCUT2D eigenvalue weighted by molar-refractivity contribution is 0.0696. The van der Waals surface area contributed by atoms with Crippen LogP contribution in [0, 0.1) is 5.82 Å². The molecular formula is C25H23FN2O3. The quantitative estimate of drug-likeness (QED) is 0.615. The van der Waals surface area contributed by atoms with E-state index in [0.29, 0.717) is 12.1 Å². The number of carboxylic acids is 1. The largest absolute Gasteiger partial charge is 0.478 e. The van der Waals surface area contributed by atoms with Gasteiger partial charge < -0.3 is 15.3 Å². The van der Waals surface area contributed by atoms with Crippen LogP contribution in [0.2, 0.25) is 0 Å². The maximum atomic E-state index is 13.2. The minimum atomic E-state index is -0.982. The first kappa shape index (κ1) is 20.6. The summed E-state index contributed by atoms with van der Waals surface area (Å²) in [5.74, 6) is -1.43. The van der Waals surface area contributed by atoms with Crippen molar-refractivity contribution in [3.63, 3.8) is 0 Å². The number of carboxylic acid groups (broad SMARTS) is 1. The van der Waals surface area contributed by atoms with Crippen LogP contribution in [-0.4, -0.2) is 23.5 Å². The molecule has 1 aliphatic heterocycles. The fraction of sp³-hybridized carbons (Fsp3) is 0.200. The predicted molar refractivity (Wildman–Crippen MR) is 117 cm³/mol. The lowest BCUT2D eigenvalue weighted by Gasteiger charge is -2.23. The average molecular weight is 418 g/mol. The third kappa shape index (κ3) is 4.43. The molecule has 0 aromatic heterocycles. The number of amides is 1. The van der Waals surface area contributed by atoms with Gasteiger partial charge in [-0.3, -0.25) is 4.79 Å². The highest BCUT2D eigenvalue weighted by Gasteiger charge is 2.26. The standard InChI is InChI=1S/C25H23FN2O3/c1-16(18-7-9-20(10-8-18)25(30)31)27-24(29)22-4-2-3-19-13-14-28(23(19)22)15-17-5-11-21(26)12-6-17/h2-12,16H,13-15H2,1H3,(H,27,29)(H,30,31)/t16-/m0/s1. The average Bonchev–Trinajstić information content (AvgIpc) is 3.18. The summed E-state index contributed by atoms with van der Waals surface area (Å²) in [6.07, 6.45) is 0.851. The zero-order chi connectivity index (χ0) is 22.0. The molecule has 4 rings (SSSR count). The van der Waals surface area contributed by atoms with Crippen LogP contribution >= 0.6 is 0 Å². The Morgan fingerprint density at radius 1 is 1.06 bits per heavy atom. The summed E-state index contributed by atoms with van der Waals surface area (Å²) in [6, 6.07) is 18.4. The zero-order valence-electron chi connectivity index (χ0n) is 17.1. The molecule has 2 N–H and O–H groups in total. The number of fused-ring (bicyclic) bond motifs is 1. The second-order valence-electron chi connectivity index (χ2n) is 7.73. The summed E-state index contributed by atoms with van der Waals surface area (Å²) in [6.45, 7) is 3.26. The number of nitrogens with one attached hydrogen (secondary N) is 1. The van der Waals surface area contributed by atoms with Gasteiger partial charge in [0.05, 0.1) is 22.9 Å². The van der Waals surface area contributed by atoms with E-state index in [4.69, 9.17) is 5.11 Å². The van der Waals surface area contributed by atoms with E-state index in [1.165, 1.54) is 24.3 Å². The van der Waals surface area contributed by atoms with Crippen molar-refractivity contribution in [3.8, 4) is 0 Å². The van der Waals surface area contributed by atoms with E-state index < -0.39 is 5.97 Å². The van der Waals surface area contributed by atoms with Crippen molar-refractivity contribution >= 4 is 17.6 Å².